The minimum Gasteiger partial charge on any atom is -0.385 e. The molecular formula is C26H27ClN6O3. The summed E-state index contributed by atoms with van der Waals surface area (Å²) in [7, 11) is 0. The summed E-state index contributed by atoms with van der Waals surface area (Å²) in [5, 5.41) is 18.0. The molecule has 5 N–H and O–H groups in total. The molecule has 0 bridgehead atoms. The molecule has 186 valence electrons. The van der Waals surface area contributed by atoms with Crippen molar-refractivity contribution in [2.45, 2.75) is 30.9 Å². The fourth-order valence-electron chi connectivity index (χ4n) is 4.77. The topological polar surface area (TPSA) is 133 Å². The maximum atomic E-state index is 13.4. The van der Waals surface area contributed by atoms with Gasteiger partial charge in [0.15, 0.2) is 5.82 Å². The van der Waals surface area contributed by atoms with Gasteiger partial charge in [-0.05, 0) is 30.5 Å². The number of nitrogens with one attached hydrogen (secondary N) is 2. The number of primary amides is 1. The maximum Gasteiger partial charge on any atom is 0.245 e. The van der Waals surface area contributed by atoms with E-state index >= 15 is 0 Å². The van der Waals surface area contributed by atoms with Gasteiger partial charge in [-0.1, -0.05) is 54.1 Å². The van der Waals surface area contributed by atoms with E-state index in [1.54, 1.807) is 17.0 Å². The molecule has 0 radical (unpaired) electrons. The molecule has 2 aliphatic rings. The monoisotopic (exact) mass is 506 g/mol. The number of fused-ring (bicyclic) bond motifs is 1. The summed E-state index contributed by atoms with van der Waals surface area (Å²) in [6.45, 7) is 0.784. The Morgan fingerprint density at radius 2 is 1.81 bits per heavy atom. The molecule has 1 atom stereocenters. The third kappa shape index (κ3) is 4.84. The van der Waals surface area contributed by atoms with E-state index in [0.717, 1.165) is 16.7 Å². The number of likely N-dealkylation sites (tertiary alicyclic amines) is 1. The highest BCUT2D eigenvalue weighted by atomic mass is 35.5. The van der Waals surface area contributed by atoms with E-state index in [0.29, 0.717) is 54.8 Å². The second-order valence-corrected chi connectivity index (χ2v) is 9.61. The Balaban J connectivity index is 1.32. The number of halogens is 1. The molecule has 1 unspecified atom stereocenters. The molecule has 0 spiro atoms. The van der Waals surface area contributed by atoms with Gasteiger partial charge < -0.3 is 26.4 Å². The van der Waals surface area contributed by atoms with Gasteiger partial charge >= 0.3 is 0 Å². The number of benzene rings is 2. The quantitative estimate of drug-likeness (QED) is 0.403. The standard InChI is InChI=1S/C26H27ClN6O3/c27-18-8-6-17(7-9-18)26(36)10-12-33(13-11-26)25(35)20-14-19-23(29-15-21(28)34)31-22(32-24(19)30-20)16-4-2-1-3-5-16/h1-9,20,36H,10-15H2,(H2,28,34)(H2,29,30,31,32). The van der Waals surface area contributed by atoms with E-state index in [-0.39, 0.29) is 12.5 Å². The number of carbonyl (C=O) groups excluding carboxylic acids is 2. The van der Waals surface area contributed by atoms with E-state index in [9.17, 15) is 14.7 Å². The molecule has 36 heavy (non-hydrogen) atoms. The zero-order valence-electron chi connectivity index (χ0n) is 19.6. The molecule has 3 aromatic rings. The van der Waals surface area contributed by atoms with E-state index in [1.165, 1.54) is 0 Å². The number of piperidine rings is 1. The summed E-state index contributed by atoms with van der Waals surface area (Å²) in [5.74, 6) is 0.949. The van der Waals surface area contributed by atoms with Crippen molar-refractivity contribution < 1.29 is 14.7 Å². The smallest absolute Gasteiger partial charge is 0.245 e. The van der Waals surface area contributed by atoms with Crippen molar-refractivity contribution in [2.75, 3.05) is 30.3 Å². The summed E-state index contributed by atoms with van der Waals surface area (Å²) in [5.41, 5.74) is 6.70. The van der Waals surface area contributed by atoms with Crippen molar-refractivity contribution in [3.8, 4) is 11.4 Å². The lowest BCUT2D eigenvalue weighted by molar-refractivity contribution is -0.136. The number of aliphatic hydroxyl groups is 1. The highest BCUT2D eigenvalue weighted by molar-refractivity contribution is 6.30. The van der Waals surface area contributed by atoms with E-state index in [2.05, 4.69) is 20.6 Å². The van der Waals surface area contributed by atoms with Crippen LogP contribution in [0.1, 0.15) is 24.0 Å². The predicted octanol–water partition coefficient (Wildman–Crippen LogP) is 2.54. The molecule has 9 nitrogen and oxygen atoms in total. The lowest BCUT2D eigenvalue weighted by Crippen LogP contribution is -2.49. The highest BCUT2D eigenvalue weighted by Gasteiger charge is 2.39. The summed E-state index contributed by atoms with van der Waals surface area (Å²) in [6.07, 6.45) is 1.25. The average Bonchev–Trinajstić information content (AvgIpc) is 3.32. The number of hydrogen-bond acceptors (Lipinski definition) is 7. The number of nitrogens with zero attached hydrogens (tertiary/aromatic N) is 3. The van der Waals surface area contributed by atoms with Crippen LogP contribution in [0.3, 0.4) is 0 Å². The molecule has 1 aromatic heterocycles. The Morgan fingerprint density at radius 3 is 2.47 bits per heavy atom. The highest BCUT2D eigenvalue weighted by Crippen LogP contribution is 2.36. The minimum atomic E-state index is -0.991. The van der Waals surface area contributed by atoms with Gasteiger partial charge in [-0.3, -0.25) is 9.59 Å². The number of amides is 2. The van der Waals surface area contributed by atoms with E-state index in [4.69, 9.17) is 17.3 Å². The average molecular weight is 507 g/mol. The third-order valence-corrected chi connectivity index (χ3v) is 7.02. The Hall–Kier alpha value is -3.69. The Kier molecular flexibility index (Phi) is 6.51. The van der Waals surface area contributed by atoms with Gasteiger partial charge in [-0.15, -0.1) is 0 Å². The molecule has 1 fully saturated rings. The fourth-order valence-corrected chi connectivity index (χ4v) is 4.89. The van der Waals surface area contributed by atoms with Crippen LogP contribution >= 0.6 is 11.6 Å². The van der Waals surface area contributed by atoms with Crippen molar-refractivity contribution in [3.63, 3.8) is 0 Å². The second kappa shape index (κ2) is 9.75. The van der Waals surface area contributed by atoms with Crippen LogP contribution in [-0.2, 0) is 21.6 Å². The van der Waals surface area contributed by atoms with E-state index < -0.39 is 17.6 Å². The predicted molar refractivity (Wildman–Crippen MR) is 137 cm³/mol. The number of nitrogens with two attached hydrogens (primary N) is 1. The zero-order chi connectivity index (χ0) is 25.3. The molecule has 2 aromatic carbocycles. The van der Waals surface area contributed by atoms with Crippen LogP contribution in [0.4, 0.5) is 11.6 Å². The second-order valence-electron chi connectivity index (χ2n) is 9.17. The molecule has 0 aliphatic carbocycles. The van der Waals surface area contributed by atoms with Gasteiger partial charge in [0.2, 0.25) is 11.8 Å². The van der Waals surface area contributed by atoms with Gasteiger partial charge in [0, 0.05) is 35.7 Å². The first-order valence-corrected chi connectivity index (χ1v) is 12.2. The first-order valence-electron chi connectivity index (χ1n) is 11.8. The normalized spacial score (nSPS) is 18.3. The molecule has 2 aliphatic heterocycles. The van der Waals surface area contributed by atoms with Crippen molar-refractivity contribution in [1.29, 1.82) is 0 Å². The molecule has 3 heterocycles. The molecule has 2 amide bonds. The van der Waals surface area contributed by atoms with Gasteiger partial charge in [-0.2, -0.15) is 0 Å². The van der Waals surface area contributed by atoms with Crippen molar-refractivity contribution in [1.82, 2.24) is 14.9 Å². The Labute approximate surface area is 213 Å². The number of carbonyl (C=O) groups is 2. The Morgan fingerprint density at radius 1 is 1.11 bits per heavy atom. The number of rotatable bonds is 6. The number of hydrogen-bond donors (Lipinski definition) is 4. The lowest BCUT2D eigenvalue weighted by atomic mass is 9.84. The molecule has 5 rings (SSSR count). The molecule has 0 saturated carbocycles. The van der Waals surface area contributed by atoms with Gasteiger partial charge in [0.05, 0.1) is 12.1 Å². The molecule has 1 saturated heterocycles. The van der Waals surface area contributed by atoms with Crippen molar-refractivity contribution in [2.24, 2.45) is 5.73 Å². The molecular weight excluding hydrogens is 480 g/mol. The first kappa shape index (κ1) is 24.0. The van der Waals surface area contributed by atoms with Crippen LogP contribution < -0.4 is 16.4 Å². The van der Waals surface area contributed by atoms with Crippen LogP contribution in [0.2, 0.25) is 5.02 Å². The zero-order valence-corrected chi connectivity index (χ0v) is 20.3. The van der Waals surface area contributed by atoms with Crippen LogP contribution in [0.5, 0.6) is 0 Å². The maximum absolute atomic E-state index is 13.4. The largest absolute Gasteiger partial charge is 0.385 e. The number of anilines is 2. The SMILES string of the molecule is NC(=O)CNc1nc(-c2ccccc2)nc2c1CC(C(=O)N1CCC(O)(c3ccc(Cl)cc3)CC1)N2. The van der Waals surface area contributed by atoms with Crippen molar-refractivity contribution in [3.05, 3.63) is 70.7 Å². The summed E-state index contributed by atoms with van der Waals surface area (Å²) in [4.78, 5) is 35.9. The Bertz CT molecular complexity index is 1280. The van der Waals surface area contributed by atoms with Crippen LogP contribution in [-0.4, -0.2) is 57.5 Å². The van der Waals surface area contributed by atoms with Gasteiger partial charge in [-0.25, -0.2) is 9.97 Å². The summed E-state index contributed by atoms with van der Waals surface area (Å²) < 4.78 is 0. The van der Waals surface area contributed by atoms with Crippen LogP contribution in [0.15, 0.2) is 54.6 Å². The fraction of sp³-hybridized carbons (Fsp3) is 0.308. The van der Waals surface area contributed by atoms with Crippen LogP contribution in [0, 0.1) is 0 Å². The van der Waals surface area contributed by atoms with Gasteiger partial charge in [0.25, 0.3) is 0 Å². The number of aromatic nitrogens is 2. The lowest BCUT2D eigenvalue weighted by Gasteiger charge is -2.39. The van der Waals surface area contributed by atoms with Crippen molar-refractivity contribution >= 4 is 35.1 Å². The third-order valence-electron chi connectivity index (χ3n) is 6.77. The van der Waals surface area contributed by atoms with Gasteiger partial charge in [0.1, 0.15) is 17.7 Å². The summed E-state index contributed by atoms with van der Waals surface area (Å²) in [6, 6.07) is 16.2. The summed E-state index contributed by atoms with van der Waals surface area (Å²) >= 11 is 5.98. The van der Waals surface area contributed by atoms with Crippen LogP contribution in [0.25, 0.3) is 11.4 Å². The van der Waals surface area contributed by atoms with E-state index in [1.807, 2.05) is 42.5 Å². The minimum absolute atomic E-state index is 0.0618. The first-order chi connectivity index (χ1) is 17.3. The molecule has 10 heteroatoms.